The average Bonchev–Trinajstić information content (AvgIpc) is 2.85. The molecule has 0 amide bonds. The second kappa shape index (κ2) is 24.4. The zero-order valence-electron chi connectivity index (χ0n) is 23.4. The summed E-state index contributed by atoms with van der Waals surface area (Å²) in [5.41, 5.74) is 0. The van der Waals surface area contributed by atoms with Crippen LogP contribution in [-0.2, 0) is 14.4 Å². The highest BCUT2D eigenvalue weighted by Gasteiger charge is 2.28. The molecule has 216 valence electrons. The summed E-state index contributed by atoms with van der Waals surface area (Å²) in [7, 11) is 0. The van der Waals surface area contributed by atoms with Crippen molar-refractivity contribution in [2.45, 2.75) is 135 Å². The van der Waals surface area contributed by atoms with Crippen molar-refractivity contribution in [3.8, 4) is 0 Å². The molecule has 0 unspecified atom stereocenters. The van der Waals surface area contributed by atoms with Crippen LogP contribution in [0, 0.1) is 0 Å². The summed E-state index contributed by atoms with van der Waals surface area (Å²) in [6, 6.07) is 0. The second-order valence-corrected chi connectivity index (χ2v) is 10.7. The molecule has 0 saturated heterocycles. The van der Waals surface area contributed by atoms with Gasteiger partial charge in [0.15, 0.2) is 0 Å². The number of carbonyl (C=O) groups excluding carboxylic acids is 1. The minimum atomic E-state index is -1.18. The van der Waals surface area contributed by atoms with E-state index in [9.17, 15) is 19.5 Å². The Balaban J connectivity index is 3.90. The Labute approximate surface area is 225 Å². The normalized spacial score (nSPS) is 11.5. The van der Waals surface area contributed by atoms with Gasteiger partial charge in [0.2, 0.25) is 0 Å². The van der Waals surface area contributed by atoms with Crippen molar-refractivity contribution >= 4 is 17.9 Å². The summed E-state index contributed by atoms with van der Waals surface area (Å²) in [5, 5.41) is 29.2. The number of allylic oxidation sites excluding steroid dienone is 1. The highest BCUT2D eigenvalue weighted by Crippen LogP contribution is 2.17. The highest BCUT2D eigenvalue weighted by atomic mass is 16.4. The van der Waals surface area contributed by atoms with Crippen LogP contribution in [0.25, 0.3) is 0 Å². The third kappa shape index (κ3) is 24.2. The fourth-order valence-electron chi connectivity index (χ4n) is 5.05. The lowest BCUT2D eigenvalue weighted by Gasteiger charge is -2.38. The minimum Gasteiger partial charge on any atom is -0.550 e. The van der Waals surface area contributed by atoms with E-state index in [0.29, 0.717) is 6.54 Å². The van der Waals surface area contributed by atoms with Crippen molar-refractivity contribution in [2.75, 3.05) is 26.2 Å². The molecular formula is C30H55NO6. The molecule has 0 radical (unpaired) electrons. The Kier molecular flexibility index (Phi) is 23.2. The molecule has 0 aromatic rings. The molecule has 0 aliphatic rings. The van der Waals surface area contributed by atoms with Crippen LogP contribution in [-0.4, -0.2) is 58.8 Å². The van der Waals surface area contributed by atoms with Gasteiger partial charge in [0.25, 0.3) is 0 Å². The number of hydrogen-bond donors (Lipinski definition) is 2. The van der Waals surface area contributed by atoms with Crippen molar-refractivity contribution in [2.24, 2.45) is 0 Å². The molecule has 0 heterocycles. The third-order valence-corrected chi connectivity index (χ3v) is 7.43. The molecule has 0 spiro atoms. The summed E-state index contributed by atoms with van der Waals surface area (Å²) in [6.07, 6.45) is 24.3. The number of aliphatic carboxylic acids is 3. The van der Waals surface area contributed by atoms with Crippen LogP contribution in [0.15, 0.2) is 12.7 Å². The van der Waals surface area contributed by atoms with E-state index < -0.39 is 17.9 Å². The first-order valence-corrected chi connectivity index (χ1v) is 14.9. The molecule has 0 saturated carbocycles. The van der Waals surface area contributed by atoms with Gasteiger partial charge >= 0.3 is 11.9 Å². The van der Waals surface area contributed by atoms with E-state index in [4.69, 9.17) is 10.2 Å². The van der Waals surface area contributed by atoms with Crippen molar-refractivity contribution in [3.05, 3.63) is 12.7 Å². The first-order valence-electron chi connectivity index (χ1n) is 14.9. The Morgan fingerprint density at radius 3 is 1.19 bits per heavy atom. The number of carbonyl (C=O) groups is 3. The molecule has 0 aliphatic carbocycles. The number of carboxylic acids is 3. The highest BCUT2D eigenvalue weighted by molar-refractivity contribution is 5.67. The SMILES string of the molecule is C=CCCCCCCCCCCCCCCCCCCC[N+](CCC(=O)[O-])(CCC(=O)O)CCC(=O)O. The van der Waals surface area contributed by atoms with Gasteiger partial charge in [-0.25, -0.2) is 0 Å². The molecule has 37 heavy (non-hydrogen) atoms. The smallest absolute Gasteiger partial charge is 0.309 e. The van der Waals surface area contributed by atoms with Crippen molar-refractivity contribution in [1.29, 1.82) is 0 Å². The summed E-state index contributed by atoms with van der Waals surface area (Å²) in [6.45, 7) is 5.11. The van der Waals surface area contributed by atoms with Crippen molar-refractivity contribution in [1.82, 2.24) is 0 Å². The first-order chi connectivity index (χ1) is 17.8. The van der Waals surface area contributed by atoms with E-state index in [1.807, 2.05) is 6.08 Å². The largest absolute Gasteiger partial charge is 0.550 e. The van der Waals surface area contributed by atoms with Crippen LogP contribution in [0.5, 0.6) is 0 Å². The molecule has 2 N–H and O–H groups in total. The van der Waals surface area contributed by atoms with E-state index in [2.05, 4.69) is 6.58 Å². The fraction of sp³-hybridized carbons (Fsp3) is 0.833. The second-order valence-electron chi connectivity index (χ2n) is 10.7. The number of unbranched alkanes of at least 4 members (excludes halogenated alkanes) is 17. The lowest BCUT2D eigenvalue weighted by atomic mass is 10.0. The van der Waals surface area contributed by atoms with Gasteiger partial charge in [0.05, 0.1) is 39.0 Å². The van der Waals surface area contributed by atoms with Crippen molar-refractivity contribution < 1.29 is 34.2 Å². The summed E-state index contributed by atoms with van der Waals surface area (Å²) in [5.74, 6) is -3.08. The van der Waals surface area contributed by atoms with Gasteiger partial charge in [-0.2, -0.15) is 0 Å². The van der Waals surface area contributed by atoms with Crippen LogP contribution < -0.4 is 5.11 Å². The number of rotatable bonds is 29. The van der Waals surface area contributed by atoms with E-state index >= 15 is 0 Å². The van der Waals surface area contributed by atoms with Gasteiger partial charge in [-0.3, -0.25) is 9.59 Å². The van der Waals surface area contributed by atoms with Crippen LogP contribution in [0.2, 0.25) is 0 Å². The number of nitrogens with zero attached hydrogens (tertiary/aromatic N) is 1. The predicted molar refractivity (Wildman–Crippen MR) is 147 cm³/mol. The Hall–Kier alpha value is -1.89. The fourth-order valence-corrected chi connectivity index (χ4v) is 5.05. The van der Waals surface area contributed by atoms with Gasteiger partial charge < -0.3 is 24.6 Å². The van der Waals surface area contributed by atoms with Crippen LogP contribution in [0.1, 0.15) is 135 Å². The molecule has 0 fully saturated rings. The maximum atomic E-state index is 11.1. The average molecular weight is 526 g/mol. The quantitative estimate of drug-likeness (QED) is 0.0693. The topological polar surface area (TPSA) is 115 Å². The lowest BCUT2D eigenvalue weighted by molar-refractivity contribution is -0.927. The van der Waals surface area contributed by atoms with Crippen LogP contribution in [0.4, 0.5) is 0 Å². The molecular weight excluding hydrogens is 470 g/mol. The number of hydrogen-bond acceptors (Lipinski definition) is 4. The van der Waals surface area contributed by atoms with E-state index in [1.165, 1.54) is 89.9 Å². The summed E-state index contributed by atoms with van der Waals surface area (Å²) in [4.78, 5) is 33.2. The minimum absolute atomic E-state index is 0.0942. The van der Waals surface area contributed by atoms with E-state index in [1.54, 1.807) is 0 Å². The summed E-state index contributed by atoms with van der Waals surface area (Å²) >= 11 is 0. The van der Waals surface area contributed by atoms with Gasteiger partial charge in [-0.15, -0.1) is 6.58 Å². The molecule has 7 heteroatoms. The molecule has 0 bridgehead atoms. The maximum Gasteiger partial charge on any atom is 0.309 e. The standard InChI is InChI=1S/C30H55NO6/c1-2-3-4-5-6-7-8-9-10-11-12-13-14-15-16-17-18-19-20-24-31(25-21-28(32)33,26-22-29(34)35)27-23-30(36)37/h2H,1,3-27H2,(H2-,32,33,34,35,36,37). The summed E-state index contributed by atoms with van der Waals surface area (Å²) < 4.78 is 0.225. The molecule has 0 atom stereocenters. The molecule has 7 nitrogen and oxygen atoms in total. The Morgan fingerprint density at radius 1 is 0.541 bits per heavy atom. The van der Waals surface area contributed by atoms with E-state index in [-0.39, 0.29) is 43.4 Å². The molecule has 0 aliphatic heterocycles. The molecule has 0 aromatic heterocycles. The molecule has 0 rings (SSSR count). The maximum absolute atomic E-state index is 11.1. The van der Waals surface area contributed by atoms with Gasteiger partial charge in [0.1, 0.15) is 0 Å². The van der Waals surface area contributed by atoms with Crippen molar-refractivity contribution in [3.63, 3.8) is 0 Å². The van der Waals surface area contributed by atoms with E-state index in [0.717, 1.165) is 25.7 Å². The van der Waals surface area contributed by atoms with Crippen LogP contribution in [0.3, 0.4) is 0 Å². The first kappa shape index (κ1) is 35.1. The predicted octanol–water partition coefficient (Wildman–Crippen LogP) is 6.10. The molecule has 0 aromatic carbocycles. The van der Waals surface area contributed by atoms with Gasteiger partial charge in [-0.05, 0) is 25.7 Å². The van der Waals surface area contributed by atoms with Gasteiger partial charge in [-0.1, -0.05) is 96.0 Å². The monoisotopic (exact) mass is 525 g/mol. The zero-order chi connectivity index (χ0) is 27.6. The Morgan fingerprint density at radius 2 is 0.865 bits per heavy atom. The number of quaternary nitrogens is 1. The lowest BCUT2D eigenvalue weighted by Crippen LogP contribution is -2.53. The Bertz CT molecular complexity index is 561. The zero-order valence-corrected chi connectivity index (χ0v) is 23.4. The third-order valence-electron chi connectivity index (χ3n) is 7.43. The number of carboxylic acid groups (broad SMARTS) is 3. The van der Waals surface area contributed by atoms with Gasteiger partial charge in [0, 0.05) is 12.4 Å². The van der Waals surface area contributed by atoms with Crippen LogP contribution >= 0.6 is 0 Å².